The molecule has 1 aliphatic carbocycles. The van der Waals surface area contributed by atoms with Gasteiger partial charge < -0.3 is 0 Å². The van der Waals surface area contributed by atoms with Gasteiger partial charge in [0.15, 0.2) is 0 Å². The molecule has 1 aliphatic heterocycles. The quantitative estimate of drug-likeness (QED) is 0.615. The van der Waals surface area contributed by atoms with E-state index in [1.165, 1.54) is 16.7 Å². The van der Waals surface area contributed by atoms with Crippen molar-refractivity contribution >= 4 is 6.21 Å². The summed E-state index contributed by atoms with van der Waals surface area (Å²) in [4.78, 5) is 4.40. The molecule has 0 N–H and O–H groups in total. The van der Waals surface area contributed by atoms with Crippen LogP contribution in [0, 0.1) is 17.3 Å². The first-order valence-corrected chi connectivity index (χ1v) is 7.40. The second-order valence-corrected chi connectivity index (χ2v) is 6.55. The number of allylic oxidation sites excluding steroid dienone is 9. The van der Waals surface area contributed by atoms with Gasteiger partial charge >= 0.3 is 0 Å². The number of hydrogen-bond acceptors (Lipinski definition) is 1. The second-order valence-electron chi connectivity index (χ2n) is 6.55. The van der Waals surface area contributed by atoms with Crippen LogP contribution in [0.1, 0.15) is 34.6 Å². The Hall–Kier alpha value is -1.63. The molecule has 0 amide bonds. The van der Waals surface area contributed by atoms with E-state index in [4.69, 9.17) is 0 Å². The number of hydrogen-bond donors (Lipinski definition) is 0. The summed E-state index contributed by atoms with van der Waals surface area (Å²) in [7, 11) is 0. The van der Waals surface area contributed by atoms with E-state index >= 15 is 0 Å². The minimum Gasteiger partial charge on any atom is -0.264 e. The molecule has 0 aromatic rings. The van der Waals surface area contributed by atoms with Crippen LogP contribution in [0.5, 0.6) is 0 Å². The van der Waals surface area contributed by atoms with Gasteiger partial charge in [-0.1, -0.05) is 64.2 Å². The summed E-state index contributed by atoms with van der Waals surface area (Å²) in [5.41, 5.74) is 3.88. The molecule has 0 saturated carbocycles. The monoisotopic (exact) mass is 267 g/mol. The fourth-order valence-electron chi connectivity index (χ4n) is 2.50. The van der Waals surface area contributed by atoms with Crippen molar-refractivity contribution in [3.63, 3.8) is 0 Å². The maximum absolute atomic E-state index is 4.40. The van der Waals surface area contributed by atoms with Crippen LogP contribution in [0.25, 0.3) is 0 Å². The maximum Gasteiger partial charge on any atom is 0.0343 e. The molecule has 0 aromatic heterocycles. The normalized spacial score (nSPS) is 30.6. The van der Waals surface area contributed by atoms with Crippen molar-refractivity contribution in [3.8, 4) is 0 Å². The van der Waals surface area contributed by atoms with Gasteiger partial charge in [-0.3, -0.25) is 4.99 Å². The fourth-order valence-corrected chi connectivity index (χ4v) is 2.50. The van der Waals surface area contributed by atoms with E-state index in [1.54, 1.807) is 0 Å². The zero-order valence-corrected chi connectivity index (χ0v) is 13.2. The first-order valence-electron chi connectivity index (χ1n) is 7.40. The lowest BCUT2D eigenvalue weighted by molar-refractivity contribution is 0.555. The highest BCUT2D eigenvalue weighted by Crippen LogP contribution is 2.31. The largest absolute Gasteiger partial charge is 0.264 e. The van der Waals surface area contributed by atoms with Gasteiger partial charge in [0.2, 0.25) is 0 Å². The highest BCUT2D eigenvalue weighted by Gasteiger charge is 2.18. The lowest BCUT2D eigenvalue weighted by Gasteiger charge is -2.21. The molecule has 0 fully saturated rings. The van der Waals surface area contributed by atoms with Gasteiger partial charge in [-0.2, -0.15) is 0 Å². The van der Waals surface area contributed by atoms with Crippen LogP contribution in [0.2, 0.25) is 0 Å². The van der Waals surface area contributed by atoms with Crippen LogP contribution in [0.3, 0.4) is 0 Å². The molecule has 1 nitrogen and oxygen atoms in total. The van der Waals surface area contributed by atoms with Crippen LogP contribution in [0.4, 0.5) is 0 Å². The fraction of sp³-hybridized carbons (Fsp3) is 0.421. The summed E-state index contributed by atoms with van der Waals surface area (Å²) in [5.74, 6) is 1.09. The lowest BCUT2D eigenvalue weighted by Crippen LogP contribution is -2.09. The Kier molecular flexibility index (Phi) is 4.27. The van der Waals surface area contributed by atoms with E-state index < -0.39 is 0 Å². The van der Waals surface area contributed by atoms with Gasteiger partial charge in [-0.25, -0.2) is 0 Å². The molecule has 2 aliphatic rings. The highest BCUT2D eigenvalue weighted by molar-refractivity contribution is 5.88. The second kappa shape index (κ2) is 5.78. The number of aliphatic imine (C=N–C) groups is 1. The minimum atomic E-state index is 0.0417. The number of nitrogens with zero attached hydrogens (tertiary/aromatic N) is 1. The van der Waals surface area contributed by atoms with E-state index in [0.29, 0.717) is 11.8 Å². The average molecular weight is 267 g/mol. The Balaban J connectivity index is 2.49. The average Bonchev–Trinajstić information content (AvgIpc) is 2.54. The van der Waals surface area contributed by atoms with Gasteiger partial charge in [-0.15, -0.1) is 0 Å². The van der Waals surface area contributed by atoms with E-state index in [2.05, 4.69) is 76.1 Å². The molecular formula is C19H25N. The Bertz CT molecular complexity index is 550. The summed E-state index contributed by atoms with van der Waals surface area (Å²) in [5, 5.41) is 0. The predicted molar refractivity (Wildman–Crippen MR) is 88.8 cm³/mol. The Morgan fingerprint density at radius 3 is 2.65 bits per heavy atom. The molecule has 0 saturated heterocycles. The van der Waals surface area contributed by atoms with Crippen molar-refractivity contribution in [3.05, 3.63) is 59.4 Å². The SMILES string of the molecule is CC1=C/C=C\C(C)C(C)C=C1C1=CC(C)(C)C=CN=C1. The molecule has 0 spiro atoms. The van der Waals surface area contributed by atoms with E-state index in [-0.39, 0.29) is 5.41 Å². The zero-order valence-electron chi connectivity index (χ0n) is 13.2. The molecular weight excluding hydrogens is 242 g/mol. The van der Waals surface area contributed by atoms with Crippen LogP contribution in [0.15, 0.2) is 64.4 Å². The van der Waals surface area contributed by atoms with Gasteiger partial charge in [0, 0.05) is 17.8 Å². The topological polar surface area (TPSA) is 12.4 Å². The first kappa shape index (κ1) is 14.8. The molecule has 0 radical (unpaired) electrons. The summed E-state index contributed by atoms with van der Waals surface area (Å²) < 4.78 is 0. The predicted octanol–water partition coefficient (Wildman–Crippen LogP) is 5.25. The highest BCUT2D eigenvalue weighted by atomic mass is 14.7. The summed E-state index contributed by atoms with van der Waals surface area (Å²) in [6.07, 6.45) is 17.4. The molecule has 0 bridgehead atoms. The Morgan fingerprint density at radius 2 is 1.90 bits per heavy atom. The van der Waals surface area contributed by atoms with Crippen molar-refractivity contribution in [1.29, 1.82) is 0 Å². The third-order valence-corrected chi connectivity index (χ3v) is 4.09. The summed E-state index contributed by atoms with van der Waals surface area (Å²) in [6, 6.07) is 0. The van der Waals surface area contributed by atoms with Crippen LogP contribution < -0.4 is 0 Å². The van der Waals surface area contributed by atoms with Crippen molar-refractivity contribution in [2.45, 2.75) is 34.6 Å². The molecule has 106 valence electrons. The van der Waals surface area contributed by atoms with Gasteiger partial charge in [0.25, 0.3) is 0 Å². The van der Waals surface area contributed by atoms with Gasteiger partial charge in [0.1, 0.15) is 0 Å². The molecule has 20 heavy (non-hydrogen) atoms. The molecule has 2 rings (SSSR count). The third kappa shape index (κ3) is 3.47. The van der Waals surface area contributed by atoms with Crippen molar-refractivity contribution in [2.75, 3.05) is 0 Å². The Labute approximate surface area is 123 Å². The van der Waals surface area contributed by atoms with E-state index in [1.807, 2.05) is 12.4 Å². The van der Waals surface area contributed by atoms with Gasteiger partial charge in [0.05, 0.1) is 0 Å². The summed E-state index contributed by atoms with van der Waals surface area (Å²) in [6.45, 7) is 11.2. The zero-order chi connectivity index (χ0) is 14.8. The first-order chi connectivity index (χ1) is 9.39. The van der Waals surface area contributed by atoms with Crippen LogP contribution >= 0.6 is 0 Å². The molecule has 2 atom stereocenters. The summed E-state index contributed by atoms with van der Waals surface area (Å²) >= 11 is 0. The maximum atomic E-state index is 4.40. The van der Waals surface area contributed by atoms with E-state index in [0.717, 1.165) is 0 Å². The lowest BCUT2D eigenvalue weighted by atomic mass is 9.84. The van der Waals surface area contributed by atoms with Crippen LogP contribution in [-0.2, 0) is 0 Å². The van der Waals surface area contributed by atoms with Crippen molar-refractivity contribution in [1.82, 2.24) is 0 Å². The third-order valence-electron chi connectivity index (χ3n) is 4.09. The van der Waals surface area contributed by atoms with Crippen LogP contribution in [-0.4, -0.2) is 6.21 Å². The van der Waals surface area contributed by atoms with Crippen molar-refractivity contribution < 1.29 is 0 Å². The number of rotatable bonds is 1. The molecule has 2 unspecified atom stereocenters. The molecule has 1 heterocycles. The van der Waals surface area contributed by atoms with E-state index in [9.17, 15) is 0 Å². The Morgan fingerprint density at radius 1 is 1.15 bits per heavy atom. The van der Waals surface area contributed by atoms with Crippen molar-refractivity contribution in [2.24, 2.45) is 22.2 Å². The molecule has 0 aromatic carbocycles. The molecule has 1 heteroatoms. The standard InChI is InChI=1S/C19H25N/c1-14-7-6-8-15(2)18(11-16(14)3)17-12-19(4,5)9-10-20-13-17/h6-14,16H,1-5H3/b7-6-,15-8?,18-11?. The minimum absolute atomic E-state index is 0.0417. The van der Waals surface area contributed by atoms with Gasteiger partial charge in [-0.05, 0) is 35.5 Å². The smallest absolute Gasteiger partial charge is 0.0343 e.